The fourth-order valence-electron chi connectivity index (χ4n) is 1.97. The van der Waals surface area contributed by atoms with Crippen molar-refractivity contribution in [2.24, 2.45) is 11.7 Å². The topological polar surface area (TPSA) is 58.4 Å². The first-order valence-electron chi connectivity index (χ1n) is 5.40. The lowest BCUT2D eigenvalue weighted by atomic mass is 9.97. The molecule has 3 N–H and O–H groups in total. The van der Waals surface area contributed by atoms with E-state index in [1.54, 1.807) is 0 Å². The number of rotatable bonds is 5. The van der Waals surface area contributed by atoms with Gasteiger partial charge in [0.25, 0.3) is 0 Å². The highest BCUT2D eigenvalue weighted by molar-refractivity contribution is 5.76. The van der Waals surface area contributed by atoms with Crippen LogP contribution in [0.2, 0.25) is 0 Å². The smallest absolute Gasteiger partial charge is 0.221 e. The molecule has 0 aromatic heterocycles. The summed E-state index contributed by atoms with van der Waals surface area (Å²) in [5.41, 5.74) is 5.31. The largest absolute Gasteiger partial charge is 0.369 e. The average Bonchev–Trinajstić information content (AvgIpc) is 2.19. The van der Waals surface area contributed by atoms with E-state index in [0.29, 0.717) is 0 Å². The third-order valence-electron chi connectivity index (χ3n) is 2.81. The number of carbonyl (C=O) groups is 1. The summed E-state index contributed by atoms with van der Waals surface area (Å²) in [6, 6.07) is 0. The molecule has 1 amide bonds. The summed E-state index contributed by atoms with van der Waals surface area (Å²) in [5, 5.41) is 3.12. The van der Waals surface area contributed by atoms with Crippen molar-refractivity contribution in [3.63, 3.8) is 0 Å². The van der Waals surface area contributed by atoms with Crippen LogP contribution in [0.15, 0.2) is 0 Å². The van der Waals surface area contributed by atoms with Crippen molar-refractivity contribution < 1.29 is 4.79 Å². The van der Waals surface area contributed by atoms with E-state index < -0.39 is 0 Å². The highest BCUT2D eigenvalue weighted by atomic mass is 16.1. The molecule has 1 atom stereocenters. The van der Waals surface area contributed by atoms with Crippen molar-refractivity contribution >= 4 is 5.91 Å². The Morgan fingerprint density at radius 2 is 2.43 bits per heavy atom. The zero-order valence-corrected chi connectivity index (χ0v) is 8.96. The molecule has 1 rings (SSSR count). The number of nitrogens with zero attached hydrogens (tertiary/aromatic N) is 1. The normalized spacial score (nSPS) is 23.6. The van der Waals surface area contributed by atoms with Gasteiger partial charge in [-0.05, 0) is 45.9 Å². The van der Waals surface area contributed by atoms with Crippen LogP contribution in [-0.4, -0.2) is 44.0 Å². The molecule has 1 aliphatic heterocycles. The molecule has 4 heteroatoms. The van der Waals surface area contributed by atoms with Gasteiger partial charge in [0.05, 0.1) is 5.92 Å². The Labute approximate surface area is 85.8 Å². The second kappa shape index (κ2) is 5.98. The van der Waals surface area contributed by atoms with Crippen molar-refractivity contribution in [3.05, 3.63) is 0 Å². The van der Waals surface area contributed by atoms with Gasteiger partial charge in [-0.3, -0.25) is 4.79 Å². The van der Waals surface area contributed by atoms with Gasteiger partial charge in [0.1, 0.15) is 0 Å². The van der Waals surface area contributed by atoms with E-state index in [1.807, 2.05) is 7.05 Å². The van der Waals surface area contributed by atoms with Crippen molar-refractivity contribution in [2.45, 2.75) is 19.3 Å². The molecule has 1 aliphatic rings. The van der Waals surface area contributed by atoms with Gasteiger partial charge < -0.3 is 16.0 Å². The molecule has 0 saturated carbocycles. The van der Waals surface area contributed by atoms with Crippen LogP contribution >= 0.6 is 0 Å². The molecule has 0 bridgehead atoms. The van der Waals surface area contributed by atoms with E-state index in [2.05, 4.69) is 10.2 Å². The van der Waals surface area contributed by atoms with E-state index in [4.69, 9.17) is 5.73 Å². The first-order chi connectivity index (χ1) is 6.74. The standard InChI is InChI=1S/C10H21N3O/c1-12-5-3-7-13-6-2-4-9(8-13)10(11)14/h9,12H,2-8H2,1H3,(H2,11,14). The van der Waals surface area contributed by atoms with Crippen LogP contribution in [0.5, 0.6) is 0 Å². The number of nitrogens with one attached hydrogen (secondary N) is 1. The second-order valence-electron chi connectivity index (χ2n) is 4.00. The number of hydrogen-bond acceptors (Lipinski definition) is 3. The molecule has 1 saturated heterocycles. The molecule has 1 unspecified atom stereocenters. The number of hydrogen-bond donors (Lipinski definition) is 2. The van der Waals surface area contributed by atoms with E-state index >= 15 is 0 Å². The van der Waals surface area contributed by atoms with Crippen LogP contribution in [0.25, 0.3) is 0 Å². The van der Waals surface area contributed by atoms with Crippen molar-refractivity contribution in [1.29, 1.82) is 0 Å². The number of amides is 1. The predicted molar refractivity (Wildman–Crippen MR) is 56.9 cm³/mol. The Morgan fingerprint density at radius 3 is 3.07 bits per heavy atom. The lowest BCUT2D eigenvalue weighted by Gasteiger charge is -2.30. The molecule has 0 aliphatic carbocycles. The number of carbonyl (C=O) groups excluding carboxylic acids is 1. The molecule has 0 spiro atoms. The Bertz CT molecular complexity index is 184. The number of piperidine rings is 1. The SMILES string of the molecule is CNCCCN1CCCC(C(N)=O)C1. The van der Waals surface area contributed by atoms with Crippen molar-refractivity contribution in [2.75, 3.05) is 33.2 Å². The lowest BCUT2D eigenvalue weighted by Crippen LogP contribution is -2.41. The fourth-order valence-corrected chi connectivity index (χ4v) is 1.97. The van der Waals surface area contributed by atoms with Crippen molar-refractivity contribution in [3.8, 4) is 0 Å². The van der Waals surface area contributed by atoms with Crippen LogP contribution in [0.1, 0.15) is 19.3 Å². The highest BCUT2D eigenvalue weighted by Gasteiger charge is 2.23. The molecule has 0 radical (unpaired) electrons. The maximum atomic E-state index is 11.0. The Balaban J connectivity index is 2.22. The summed E-state index contributed by atoms with van der Waals surface area (Å²) >= 11 is 0. The summed E-state index contributed by atoms with van der Waals surface area (Å²) in [6.07, 6.45) is 3.22. The molecular formula is C10H21N3O. The third kappa shape index (κ3) is 3.64. The minimum Gasteiger partial charge on any atom is -0.369 e. The van der Waals surface area contributed by atoms with Gasteiger partial charge in [0.15, 0.2) is 0 Å². The van der Waals surface area contributed by atoms with Crippen LogP contribution in [0, 0.1) is 5.92 Å². The molecule has 4 nitrogen and oxygen atoms in total. The van der Waals surface area contributed by atoms with Crippen LogP contribution in [-0.2, 0) is 4.79 Å². The molecule has 0 aromatic carbocycles. The minimum atomic E-state index is -0.136. The summed E-state index contributed by atoms with van der Waals surface area (Å²) in [4.78, 5) is 13.4. The summed E-state index contributed by atoms with van der Waals surface area (Å²) in [6.45, 7) is 4.09. The minimum absolute atomic E-state index is 0.0818. The summed E-state index contributed by atoms with van der Waals surface area (Å²) in [7, 11) is 1.96. The fraction of sp³-hybridized carbons (Fsp3) is 0.900. The van der Waals surface area contributed by atoms with Gasteiger partial charge in [-0.2, -0.15) is 0 Å². The number of primary amides is 1. The quantitative estimate of drug-likeness (QED) is 0.603. The zero-order valence-electron chi connectivity index (χ0n) is 8.96. The van der Waals surface area contributed by atoms with Crippen LogP contribution < -0.4 is 11.1 Å². The molecule has 1 fully saturated rings. The van der Waals surface area contributed by atoms with Gasteiger partial charge in [-0.25, -0.2) is 0 Å². The van der Waals surface area contributed by atoms with Gasteiger partial charge in [0, 0.05) is 6.54 Å². The molecule has 14 heavy (non-hydrogen) atoms. The maximum absolute atomic E-state index is 11.0. The monoisotopic (exact) mass is 199 g/mol. The lowest BCUT2D eigenvalue weighted by molar-refractivity contribution is -0.123. The third-order valence-corrected chi connectivity index (χ3v) is 2.81. The molecule has 1 heterocycles. The Hall–Kier alpha value is -0.610. The highest BCUT2D eigenvalue weighted by Crippen LogP contribution is 2.15. The number of likely N-dealkylation sites (tertiary alicyclic amines) is 1. The molecular weight excluding hydrogens is 178 g/mol. The van der Waals surface area contributed by atoms with Crippen LogP contribution in [0.3, 0.4) is 0 Å². The van der Waals surface area contributed by atoms with E-state index in [-0.39, 0.29) is 11.8 Å². The Kier molecular flexibility index (Phi) is 4.90. The van der Waals surface area contributed by atoms with Gasteiger partial charge in [-0.15, -0.1) is 0 Å². The Morgan fingerprint density at radius 1 is 1.64 bits per heavy atom. The molecule has 82 valence electrons. The second-order valence-corrected chi connectivity index (χ2v) is 4.00. The first kappa shape index (κ1) is 11.5. The van der Waals surface area contributed by atoms with E-state index in [9.17, 15) is 4.79 Å². The average molecular weight is 199 g/mol. The van der Waals surface area contributed by atoms with Crippen LogP contribution in [0.4, 0.5) is 0 Å². The zero-order chi connectivity index (χ0) is 10.4. The summed E-state index contributed by atoms with van der Waals surface area (Å²) < 4.78 is 0. The first-order valence-corrected chi connectivity index (χ1v) is 5.40. The van der Waals surface area contributed by atoms with E-state index in [1.165, 1.54) is 0 Å². The van der Waals surface area contributed by atoms with Gasteiger partial charge in [-0.1, -0.05) is 0 Å². The summed E-state index contributed by atoms with van der Waals surface area (Å²) in [5.74, 6) is -0.0540. The number of nitrogens with two attached hydrogens (primary N) is 1. The van der Waals surface area contributed by atoms with Gasteiger partial charge in [0.2, 0.25) is 5.91 Å². The molecule has 0 aromatic rings. The van der Waals surface area contributed by atoms with E-state index in [0.717, 1.165) is 45.4 Å². The predicted octanol–water partition coefficient (Wildman–Crippen LogP) is -0.207. The maximum Gasteiger partial charge on any atom is 0.221 e. The van der Waals surface area contributed by atoms with Crippen molar-refractivity contribution in [1.82, 2.24) is 10.2 Å². The van der Waals surface area contributed by atoms with Gasteiger partial charge >= 0.3 is 0 Å².